The summed E-state index contributed by atoms with van der Waals surface area (Å²) in [4.78, 5) is 48.4. The summed E-state index contributed by atoms with van der Waals surface area (Å²) in [7, 11) is 1.59. The maximum Gasteiger partial charge on any atom is 0.414 e. The number of rotatable bonds is 12. The molecule has 1 aromatic rings. The van der Waals surface area contributed by atoms with Crippen LogP contribution in [0.25, 0.3) is 0 Å². The second kappa shape index (κ2) is 12.9. The number of carbonyl (C=O) groups excluding carboxylic acids is 3. The van der Waals surface area contributed by atoms with E-state index in [1.54, 1.807) is 31.4 Å². The number of anilines is 1. The van der Waals surface area contributed by atoms with E-state index >= 15 is 0 Å². The third-order valence-corrected chi connectivity index (χ3v) is 8.78. The van der Waals surface area contributed by atoms with Crippen molar-refractivity contribution in [1.82, 2.24) is 5.32 Å². The molecule has 1 spiro atoms. The van der Waals surface area contributed by atoms with Gasteiger partial charge in [0, 0.05) is 24.1 Å². The Morgan fingerprint density at radius 3 is 2.61 bits per heavy atom. The molecule has 3 N–H and O–H groups in total. The number of imide groups is 1. The zero-order chi connectivity index (χ0) is 29.8. The number of hydrogen-bond acceptors (Lipinski definition) is 9. The van der Waals surface area contributed by atoms with Crippen molar-refractivity contribution in [2.75, 3.05) is 24.8 Å². The molecule has 2 heterocycles. The summed E-state index contributed by atoms with van der Waals surface area (Å²) < 4.78 is 23.7. The van der Waals surface area contributed by atoms with E-state index in [4.69, 9.17) is 24.1 Å². The van der Waals surface area contributed by atoms with Crippen molar-refractivity contribution in [3.8, 4) is 0 Å². The lowest BCUT2D eigenvalue weighted by Crippen LogP contribution is -2.56. The maximum atomic E-state index is 12.7. The lowest BCUT2D eigenvalue weighted by molar-refractivity contribution is -0.138. The van der Waals surface area contributed by atoms with E-state index in [-0.39, 0.29) is 36.2 Å². The minimum Gasteiger partial charge on any atom is -0.481 e. The van der Waals surface area contributed by atoms with Crippen molar-refractivity contribution in [3.05, 3.63) is 35.9 Å². The Balaban J connectivity index is 1.28. The average Bonchev–Trinajstić information content (AvgIpc) is 3.83. The maximum absolute atomic E-state index is 12.7. The Bertz CT molecular complexity index is 1200. The van der Waals surface area contributed by atoms with Gasteiger partial charge < -0.3 is 29.4 Å². The van der Waals surface area contributed by atoms with Crippen LogP contribution in [-0.2, 0) is 33.3 Å². The number of nitrogens with one attached hydrogen (secondary N) is 2. The second-order valence-electron chi connectivity index (χ2n) is 11.1. The Hall–Kier alpha value is -2.93. The number of ether oxygens (including phenoxy) is 4. The molecule has 3 fully saturated rings. The number of allylic oxidation sites excluding steroid dienone is 1. The topological polar surface area (TPSA) is 156 Å². The van der Waals surface area contributed by atoms with Crippen molar-refractivity contribution in [2.45, 2.75) is 87.3 Å². The van der Waals surface area contributed by atoms with Gasteiger partial charge in [0.1, 0.15) is 23.4 Å². The monoisotopic (exact) mass is 590 g/mol. The van der Waals surface area contributed by atoms with E-state index in [1.807, 2.05) is 0 Å². The summed E-state index contributed by atoms with van der Waals surface area (Å²) in [5.74, 6) is -2.17. The van der Waals surface area contributed by atoms with Gasteiger partial charge in [0.25, 0.3) is 0 Å². The number of benzene rings is 1. The molecule has 0 radical (unpaired) electrons. The van der Waals surface area contributed by atoms with Crippen LogP contribution in [0.5, 0.6) is 0 Å². The molecule has 12 heteroatoms. The summed E-state index contributed by atoms with van der Waals surface area (Å²) in [6, 6.07) is 6.80. The molecular formula is C29H38N2O9S. The number of amides is 3. The summed E-state index contributed by atoms with van der Waals surface area (Å²) >= 11 is 1.18. The van der Waals surface area contributed by atoms with Crippen LogP contribution in [0.2, 0.25) is 0 Å². The lowest BCUT2D eigenvalue weighted by atomic mass is 9.68. The first-order valence-corrected chi connectivity index (χ1v) is 14.7. The van der Waals surface area contributed by atoms with Gasteiger partial charge in [-0.3, -0.25) is 19.7 Å². The number of thioether (sulfide) groups is 1. The highest BCUT2D eigenvalue weighted by atomic mass is 32.2. The van der Waals surface area contributed by atoms with Crippen LogP contribution in [0.1, 0.15) is 52.9 Å². The quantitative estimate of drug-likeness (QED) is 0.185. The largest absolute Gasteiger partial charge is 0.481 e. The lowest BCUT2D eigenvalue weighted by Gasteiger charge is -2.42. The Labute approximate surface area is 243 Å². The standard InChI is InChI=1S/C29H38N2O9S/c1-17(2)8-9-21-28(3,40-21)26-25(37-4)20(12-13-29(26)16-38-29)39-27(36)31-23(33)15-41-19-7-5-6-18(14-19)30-22(32)10-11-24(34)35/h5-8,14,20-21,25-26H,9-13,15-16H2,1-4H3,(H,30,32)(H,34,35)(H,31,33,36)/t20-,21-,25-,26-,28+,29+/m1/s1. The van der Waals surface area contributed by atoms with Crippen LogP contribution in [0.15, 0.2) is 40.8 Å². The smallest absolute Gasteiger partial charge is 0.414 e. The summed E-state index contributed by atoms with van der Waals surface area (Å²) in [5, 5.41) is 13.6. The van der Waals surface area contributed by atoms with E-state index in [0.717, 1.165) is 6.42 Å². The molecule has 4 rings (SSSR count). The number of epoxide rings is 2. The molecule has 0 bridgehead atoms. The van der Waals surface area contributed by atoms with Gasteiger partial charge in [0.05, 0.1) is 30.8 Å². The highest BCUT2D eigenvalue weighted by Gasteiger charge is 2.72. The molecule has 1 saturated carbocycles. The molecule has 2 aliphatic heterocycles. The van der Waals surface area contributed by atoms with E-state index in [9.17, 15) is 19.2 Å². The zero-order valence-corrected chi connectivity index (χ0v) is 24.6. The first kappa shape index (κ1) is 31.0. The van der Waals surface area contributed by atoms with Crippen LogP contribution in [-0.4, -0.2) is 78.0 Å². The molecule has 6 atom stereocenters. The van der Waals surface area contributed by atoms with Gasteiger partial charge in [-0.2, -0.15) is 0 Å². The summed E-state index contributed by atoms with van der Waals surface area (Å²) in [5.41, 5.74) is 0.900. The number of methoxy groups -OCH3 is 1. The normalized spacial score (nSPS) is 29.8. The van der Waals surface area contributed by atoms with Crippen molar-refractivity contribution < 1.29 is 43.2 Å². The van der Waals surface area contributed by atoms with Gasteiger partial charge in [0.15, 0.2) is 0 Å². The molecule has 2 saturated heterocycles. The molecule has 3 amide bonds. The fraction of sp³-hybridized carbons (Fsp3) is 0.586. The highest BCUT2D eigenvalue weighted by Crippen LogP contribution is 2.59. The first-order chi connectivity index (χ1) is 19.5. The van der Waals surface area contributed by atoms with Gasteiger partial charge in [-0.1, -0.05) is 17.7 Å². The van der Waals surface area contributed by atoms with Crippen LogP contribution < -0.4 is 10.6 Å². The molecule has 1 aromatic carbocycles. The molecule has 3 aliphatic rings. The Kier molecular flexibility index (Phi) is 9.78. The predicted octanol–water partition coefficient (Wildman–Crippen LogP) is 3.91. The molecule has 1 aliphatic carbocycles. The number of hydrogen-bond donors (Lipinski definition) is 3. The number of carboxylic acids is 1. The fourth-order valence-electron chi connectivity index (χ4n) is 5.64. The number of carbonyl (C=O) groups is 4. The molecular weight excluding hydrogens is 552 g/mol. The molecule has 0 unspecified atom stereocenters. The number of aliphatic carboxylic acids is 1. The van der Waals surface area contributed by atoms with Gasteiger partial charge in [-0.05, 0) is 58.2 Å². The van der Waals surface area contributed by atoms with Crippen molar-refractivity contribution in [3.63, 3.8) is 0 Å². The number of carboxylic acid groups (broad SMARTS) is 1. The Morgan fingerprint density at radius 1 is 1.20 bits per heavy atom. The summed E-state index contributed by atoms with van der Waals surface area (Å²) in [6.07, 6.45) is 1.98. The van der Waals surface area contributed by atoms with Gasteiger partial charge in [-0.15, -0.1) is 11.8 Å². The summed E-state index contributed by atoms with van der Waals surface area (Å²) in [6.45, 7) is 6.79. The van der Waals surface area contributed by atoms with Crippen molar-refractivity contribution in [1.29, 1.82) is 0 Å². The van der Waals surface area contributed by atoms with E-state index in [1.165, 1.54) is 17.3 Å². The van der Waals surface area contributed by atoms with Crippen LogP contribution in [0, 0.1) is 5.92 Å². The van der Waals surface area contributed by atoms with E-state index < -0.39 is 41.7 Å². The van der Waals surface area contributed by atoms with E-state index in [2.05, 4.69) is 37.5 Å². The minimum atomic E-state index is -1.05. The SMILES string of the molecule is CO[C@@H]1[C@H](OC(=O)NC(=O)CSc2cccc(NC(=O)CCC(=O)O)c2)CC[C@]2(CO2)[C@H]1[C@@]1(C)O[C@@H]1CC=C(C)C. The minimum absolute atomic E-state index is 0.0314. The Morgan fingerprint density at radius 2 is 1.95 bits per heavy atom. The van der Waals surface area contributed by atoms with E-state index in [0.29, 0.717) is 30.0 Å². The van der Waals surface area contributed by atoms with Crippen LogP contribution >= 0.6 is 11.8 Å². The van der Waals surface area contributed by atoms with Gasteiger partial charge in [-0.25, -0.2) is 4.79 Å². The average molecular weight is 591 g/mol. The van der Waals surface area contributed by atoms with Crippen LogP contribution in [0.4, 0.5) is 10.5 Å². The highest BCUT2D eigenvalue weighted by molar-refractivity contribution is 8.00. The number of alkyl carbamates (subject to hydrolysis) is 1. The van der Waals surface area contributed by atoms with Crippen molar-refractivity contribution in [2.24, 2.45) is 5.92 Å². The van der Waals surface area contributed by atoms with Gasteiger partial charge >= 0.3 is 12.1 Å². The zero-order valence-electron chi connectivity index (χ0n) is 23.8. The molecule has 41 heavy (non-hydrogen) atoms. The second-order valence-corrected chi connectivity index (χ2v) is 12.2. The van der Waals surface area contributed by atoms with Crippen LogP contribution in [0.3, 0.4) is 0 Å². The molecule has 0 aromatic heterocycles. The van der Waals surface area contributed by atoms with Gasteiger partial charge in [0.2, 0.25) is 11.8 Å². The third kappa shape index (κ3) is 7.88. The molecule has 224 valence electrons. The third-order valence-electron chi connectivity index (χ3n) is 7.79. The predicted molar refractivity (Wildman–Crippen MR) is 151 cm³/mol. The fourth-order valence-corrected chi connectivity index (χ4v) is 6.40. The van der Waals surface area contributed by atoms with Crippen molar-refractivity contribution >= 4 is 41.3 Å². The first-order valence-electron chi connectivity index (χ1n) is 13.7. The molecule has 11 nitrogen and oxygen atoms in total.